The largest absolute Gasteiger partial charge is 0.301 e. The van der Waals surface area contributed by atoms with Crippen molar-refractivity contribution in [3.63, 3.8) is 0 Å². The van der Waals surface area contributed by atoms with Crippen LogP contribution in [0.2, 0.25) is 0 Å². The van der Waals surface area contributed by atoms with Gasteiger partial charge in [0.2, 0.25) is 0 Å². The summed E-state index contributed by atoms with van der Waals surface area (Å²) in [6, 6.07) is 4.24. The van der Waals surface area contributed by atoms with E-state index in [9.17, 15) is 0 Å². The molecule has 3 heterocycles. The van der Waals surface area contributed by atoms with E-state index in [1.807, 2.05) is 17.0 Å². The Morgan fingerprint density at radius 2 is 2.35 bits per heavy atom. The van der Waals surface area contributed by atoms with Gasteiger partial charge in [-0.05, 0) is 38.9 Å². The molecule has 0 amide bonds. The maximum Gasteiger partial charge on any atom is 0.100 e. The molecule has 0 bridgehead atoms. The summed E-state index contributed by atoms with van der Waals surface area (Å²) in [5, 5.41) is 10.9. The summed E-state index contributed by atoms with van der Waals surface area (Å²) in [5.74, 6) is 0.739. The fourth-order valence-electron chi connectivity index (χ4n) is 3.18. The van der Waals surface area contributed by atoms with Crippen molar-refractivity contribution in [1.29, 1.82) is 5.26 Å². The van der Waals surface area contributed by atoms with E-state index in [2.05, 4.69) is 34.8 Å². The van der Waals surface area contributed by atoms with E-state index < -0.39 is 0 Å². The van der Waals surface area contributed by atoms with E-state index in [1.165, 1.54) is 21.9 Å². The highest BCUT2D eigenvalue weighted by Gasteiger charge is 2.24. The molecule has 0 aliphatic carbocycles. The van der Waals surface area contributed by atoms with Crippen molar-refractivity contribution in [3.05, 3.63) is 38.0 Å². The van der Waals surface area contributed by atoms with Gasteiger partial charge in [-0.3, -0.25) is 4.90 Å². The minimum absolute atomic E-state index is 0.739. The second-order valence-corrected chi connectivity index (χ2v) is 8.30. The number of aromatic nitrogens is 1. The monoisotopic (exact) mass is 346 g/mol. The smallest absolute Gasteiger partial charge is 0.100 e. The van der Waals surface area contributed by atoms with E-state index in [4.69, 9.17) is 5.26 Å². The molecule has 0 spiro atoms. The van der Waals surface area contributed by atoms with Gasteiger partial charge in [0.25, 0.3) is 0 Å². The molecule has 6 heteroatoms. The molecule has 1 saturated heterocycles. The van der Waals surface area contributed by atoms with Crippen LogP contribution in [0.3, 0.4) is 0 Å². The summed E-state index contributed by atoms with van der Waals surface area (Å²) in [5.41, 5.74) is 3.90. The number of hydrogen-bond acceptors (Lipinski definition) is 6. The van der Waals surface area contributed by atoms with Crippen LogP contribution in [0.25, 0.3) is 0 Å². The van der Waals surface area contributed by atoms with Gasteiger partial charge in [0.05, 0.1) is 16.8 Å². The summed E-state index contributed by atoms with van der Waals surface area (Å²) >= 11 is 3.45. The Balaban J connectivity index is 1.46. The zero-order valence-corrected chi connectivity index (χ0v) is 15.3. The summed E-state index contributed by atoms with van der Waals surface area (Å²) < 4.78 is 0. The van der Waals surface area contributed by atoms with Crippen molar-refractivity contribution in [2.75, 3.05) is 26.7 Å². The first-order valence-electron chi connectivity index (χ1n) is 7.91. The number of thiazole rings is 1. The third-order valence-corrected chi connectivity index (χ3v) is 6.20. The van der Waals surface area contributed by atoms with Crippen LogP contribution in [-0.2, 0) is 13.1 Å². The highest BCUT2D eigenvalue weighted by molar-refractivity contribution is 7.10. The average molecular weight is 347 g/mol. The highest BCUT2D eigenvalue weighted by Crippen LogP contribution is 2.23. The quantitative estimate of drug-likeness (QED) is 0.804. The fraction of sp³-hybridized carbons (Fsp3) is 0.529. The van der Waals surface area contributed by atoms with Crippen molar-refractivity contribution >= 4 is 22.7 Å². The molecule has 0 radical (unpaired) electrons. The minimum Gasteiger partial charge on any atom is -0.301 e. The molecule has 0 N–H and O–H groups in total. The Morgan fingerprint density at radius 1 is 1.48 bits per heavy atom. The van der Waals surface area contributed by atoms with Crippen LogP contribution in [0.15, 0.2) is 17.0 Å². The summed E-state index contributed by atoms with van der Waals surface area (Å²) in [6.07, 6.45) is 1.27. The van der Waals surface area contributed by atoms with Gasteiger partial charge in [-0.1, -0.05) is 0 Å². The van der Waals surface area contributed by atoms with E-state index in [-0.39, 0.29) is 0 Å². The van der Waals surface area contributed by atoms with Gasteiger partial charge < -0.3 is 4.90 Å². The second-order valence-electron chi connectivity index (χ2n) is 6.36. The lowest BCUT2D eigenvalue weighted by atomic mass is 10.1. The predicted molar refractivity (Wildman–Crippen MR) is 95.6 cm³/mol. The lowest BCUT2D eigenvalue weighted by molar-refractivity contribution is 0.256. The number of hydrogen-bond donors (Lipinski definition) is 0. The molecule has 4 nitrogen and oxygen atoms in total. The van der Waals surface area contributed by atoms with Gasteiger partial charge in [-0.25, -0.2) is 4.98 Å². The maximum absolute atomic E-state index is 8.91. The Labute approximate surface area is 146 Å². The Hall–Kier alpha value is -1.26. The molecule has 0 saturated carbocycles. The summed E-state index contributed by atoms with van der Waals surface area (Å²) in [4.78, 5) is 12.0. The first kappa shape index (κ1) is 16.6. The Bertz CT molecular complexity index is 685. The second kappa shape index (κ2) is 7.54. The van der Waals surface area contributed by atoms with E-state index in [0.29, 0.717) is 0 Å². The van der Waals surface area contributed by atoms with Gasteiger partial charge in [-0.2, -0.15) is 5.26 Å². The fourth-order valence-corrected chi connectivity index (χ4v) is 4.88. The van der Waals surface area contributed by atoms with Crippen molar-refractivity contribution in [2.24, 2.45) is 5.92 Å². The van der Waals surface area contributed by atoms with E-state index in [0.717, 1.165) is 44.2 Å². The van der Waals surface area contributed by atoms with Gasteiger partial charge in [0.1, 0.15) is 6.07 Å². The first-order valence-corrected chi connectivity index (χ1v) is 9.67. The van der Waals surface area contributed by atoms with Crippen molar-refractivity contribution < 1.29 is 0 Å². The van der Waals surface area contributed by atoms with Gasteiger partial charge in [0.15, 0.2) is 0 Å². The molecule has 3 rings (SSSR count). The molecule has 0 unspecified atom stereocenters. The lowest BCUT2D eigenvalue weighted by Gasteiger charge is -2.21. The maximum atomic E-state index is 8.91. The topological polar surface area (TPSA) is 43.2 Å². The summed E-state index contributed by atoms with van der Waals surface area (Å²) in [7, 11) is 2.21. The number of nitrogens with zero attached hydrogens (tertiary/aromatic N) is 4. The molecule has 2 aromatic heterocycles. The lowest BCUT2D eigenvalue weighted by Crippen LogP contribution is -2.27. The van der Waals surface area contributed by atoms with Gasteiger partial charge in [0, 0.05) is 41.3 Å². The molecule has 1 atom stereocenters. The molecule has 23 heavy (non-hydrogen) atoms. The summed E-state index contributed by atoms with van der Waals surface area (Å²) in [6.45, 7) is 7.54. The van der Waals surface area contributed by atoms with Crippen molar-refractivity contribution in [3.8, 4) is 6.07 Å². The number of likely N-dealkylation sites (tertiary alicyclic amines) is 1. The minimum atomic E-state index is 0.739. The Kier molecular flexibility index (Phi) is 5.44. The molecule has 1 aliphatic rings. The third-order valence-electron chi connectivity index (χ3n) is 4.36. The molecule has 1 fully saturated rings. The molecular formula is C17H22N4S2. The van der Waals surface area contributed by atoms with Gasteiger partial charge in [-0.15, -0.1) is 22.7 Å². The SMILES string of the molecule is Cc1ncsc1CN(C)C[C@@H]1CCN(Cc2cc(C#N)cs2)C1. The molecular weight excluding hydrogens is 324 g/mol. The zero-order valence-electron chi connectivity index (χ0n) is 13.7. The van der Waals surface area contributed by atoms with Crippen molar-refractivity contribution in [2.45, 2.75) is 26.4 Å². The van der Waals surface area contributed by atoms with Crippen LogP contribution in [-0.4, -0.2) is 41.5 Å². The van der Waals surface area contributed by atoms with Crippen LogP contribution >= 0.6 is 22.7 Å². The molecule has 1 aliphatic heterocycles. The van der Waals surface area contributed by atoms with Crippen LogP contribution in [0.1, 0.15) is 27.4 Å². The van der Waals surface area contributed by atoms with Crippen LogP contribution < -0.4 is 0 Å². The normalized spacial score (nSPS) is 18.6. The molecule has 2 aromatic rings. The van der Waals surface area contributed by atoms with E-state index in [1.54, 1.807) is 22.7 Å². The predicted octanol–water partition coefficient (Wildman–Crippen LogP) is 3.34. The Morgan fingerprint density at radius 3 is 3.04 bits per heavy atom. The van der Waals surface area contributed by atoms with Crippen LogP contribution in [0.5, 0.6) is 0 Å². The van der Waals surface area contributed by atoms with Crippen molar-refractivity contribution in [1.82, 2.24) is 14.8 Å². The molecule has 122 valence electrons. The number of nitriles is 1. The number of thiophene rings is 1. The van der Waals surface area contributed by atoms with Crippen LogP contribution in [0.4, 0.5) is 0 Å². The van der Waals surface area contributed by atoms with Crippen LogP contribution in [0, 0.1) is 24.2 Å². The standard InChI is InChI=1S/C17H22N4S2/c1-13-17(23-12-19-13)10-20(2)7-14-3-4-21(8-14)9-16-5-15(6-18)11-22-16/h5,11-12,14H,3-4,7-10H2,1-2H3/t14-/m0/s1. The van der Waals surface area contributed by atoms with E-state index >= 15 is 0 Å². The first-order chi connectivity index (χ1) is 11.1. The third kappa shape index (κ3) is 4.39. The average Bonchev–Trinajstić information content (AvgIpc) is 3.23. The van der Waals surface area contributed by atoms with Gasteiger partial charge >= 0.3 is 0 Å². The number of rotatable bonds is 6. The number of aryl methyl sites for hydroxylation is 1. The molecule has 0 aromatic carbocycles. The zero-order chi connectivity index (χ0) is 16.2. The highest BCUT2D eigenvalue weighted by atomic mass is 32.1.